The smallest absolute Gasteiger partial charge is 0.208 e. The summed E-state index contributed by atoms with van der Waals surface area (Å²) in [6.07, 6.45) is 0.0943. The largest absolute Gasteiger partial charge is 0.370 e. The SMILES string of the molecule is CC1N=C(N)NC(N(CCC2N=C(N)NC(Nc3cccs3)=N2)c2cccs2)=N1. The van der Waals surface area contributed by atoms with Gasteiger partial charge in [0.15, 0.2) is 11.9 Å². The molecule has 4 heterocycles. The summed E-state index contributed by atoms with van der Waals surface area (Å²) in [5.74, 6) is 1.95. The van der Waals surface area contributed by atoms with E-state index in [9.17, 15) is 0 Å². The standard InChI is InChI=1S/C17H22N10S2/c1-10-20-14(18)26-17(21-10)27(13-5-3-9-29-13)7-6-11-22-15(19)25-16(23-11)24-12-4-2-8-28-12/h2-5,8-11H,6-7H2,1H3,(H3,18,20,21,26)(H4,19,22,23,24,25). The first-order valence-corrected chi connectivity index (χ1v) is 10.8. The first kappa shape index (κ1) is 19.2. The molecule has 2 aromatic rings. The molecule has 0 radical (unpaired) electrons. The second kappa shape index (κ2) is 8.49. The summed E-state index contributed by atoms with van der Waals surface area (Å²) in [5, 5.41) is 15.3. The molecule has 10 nitrogen and oxygen atoms in total. The fourth-order valence-electron chi connectivity index (χ4n) is 2.90. The van der Waals surface area contributed by atoms with Crippen molar-refractivity contribution < 1.29 is 0 Å². The molecule has 0 fully saturated rings. The number of nitrogens with zero attached hydrogens (tertiary/aromatic N) is 5. The summed E-state index contributed by atoms with van der Waals surface area (Å²) in [5.41, 5.74) is 11.9. The van der Waals surface area contributed by atoms with Gasteiger partial charge >= 0.3 is 0 Å². The molecule has 0 saturated carbocycles. The molecule has 2 aliphatic rings. The zero-order valence-corrected chi connectivity index (χ0v) is 17.4. The van der Waals surface area contributed by atoms with Gasteiger partial charge in [-0.1, -0.05) is 0 Å². The quantitative estimate of drug-likeness (QED) is 0.485. The molecule has 0 aromatic carbocycles. The van der Waals surface area contributed by atoms with E-state index in [0.29, 0.717) is 36.8 Å². The number of aliphatic imine (C=N–C) groups is 4. The summed E-state index contributed by atoms with van der Waals surface area (Å²) in [6.45, 7) is 2.52. The van der Waals surface area contributed by atoms with E-state index < -0.39 is 0 Å². The Morgan fingerprint density at radius 1 is 1.03 bits per heavy atom. The molecule has 0 amide bonds. The second-order valence-electron chi connectivity index (χ2n) is 6.32. The van der Waals surface area contributed by atoms with Crippen LogP contribution in [0.3, 0.4) is 0 Å². The lowest BCUT2D eigenvalue weighted by Crippen LogP contribution is -2.51. The highest BCUT2D eigenvalue weighted by molar-refractivity contribution is 7.14. The summed E-state index contributed by atoms with van der Waals surface area (Å²) in [6, 6.07) is 7.98. The van der Waals surface area contributed by atoms with Gasteiger partial charge in [0.05, 0.1) is 10.0 Å². The molecule has 2 atom stereocenters. The van der Waals surface area contributed by atoms with Crippen LogP contribution in [-0.2, 0) is 0 Å². The van der Waals surface area contributed by atoms with Crippen molar-refractivity contribution >= 4 is 56.5 Å². The maximum atomic E-state index is 5.97. The van der Waals surface area contributed by atoms with Crippen molar-refractivity contribution in [2.45, 2.75) is 25.7 Å². The number of guanidine groups is 4. The molecule has 2 aliphatic heterocycles. The minimum Gasteiger partial charge on any atom is -0.370 e. The topological polar surface area (TPSA) is 141 Å². The van der Waals surface area contributed by atoms with Crippen molar-refractivity contribution in [1.82, 2.24) is 10.6 Å². The van der Waals surface area contributed by atoms with E-state index >= 15 is 0 Å². The number of hydrogen-bond acceptors (Lipinski definition) is 12. The monoisotopic (exact) mass is 430 g/mol. The predicted octanol–water partition coefficient (Wildman–Crippen LogP) is 1.34. The van der Waals surface area contributed by atoms with Crippen molar-refractivity contribution in [2.24, 2.45) is 31.4 Å². The Balaban J connectivity index is 1.48. The molecular weight excluding hydrogens is 408 g/mol. The number of hydrogen-bond donors (Lipinski definition) is 5. The minimum absolute atomic E-state index is 0.235. The van der Waals surface area contributed by atoms with E-state index in [1.165, 1.54) is 0 Å². The third-order valence-electron chi connectivity index (χ3n) is 4.09. The van der Waals surface area contributed by atoms with E-state index in [4.69, 9.17) is 11.5 Å². The molecule has 0 spiro atoms. The van der Waals surface area contributed by atoms with Crippen LogP contribution >= 0.6 is 22.7 Å². The van der Waals surface area contributed by atoms with Crippen molar-refractivity contribution in [1.29, 1.82) is 0 Å². The van der Waals surface area contributed by atoms with Gasteiger partial charge in [-0.25, -0.2) is 20.0 Å². The number of anilines is 2. The number of nitrogens with one attached hydrogen (secondary N) is 3. The van der Waals surface area contributed by atoms with E-state index in [-0.39, 0.29) is 12.3 Å². The molecular formula is C17H22N10S2. The number of thiophene rings is 2. The Morgan fingerprint density at radius 3 is 2.55 bits per heavy atom. The van der Waals surface area contributed by atoms with E-state index in [0.717, 1.165) is 10.0 Å². The van der Waals surface area contributed by atoms with Crippen molar-refractivity contribution in [3.63, 3.8) is 0 Å². The minimum atomic E-state index is -0.311. The van der Waals surface area contributed by atoms with Gasteiger partial charge in [0, 0.05) is 13.0 Å². The fourth-order valence-corrected chi connectivity index (χ4v) is 4.27. The summed E-state index contributed by atoms with van der Waals surface area (Å²) in [4.78, 5) is 19.9. The zero-order valence-electron chi connectivity index (χ0n) is 15.7. The van der Waals surface area contributed by atoms with Crippen molar-refractivity contribution in [3.05, 3.63) is 35.0 Å². The van der Waals surface area contributed by atoms with Crippen molar-refractivity contribution in [3.8, 4) is 0 Å². The highest BCUT2D eigenvalue weighted by atomic mass is 32.1. The second-order valence-corrected chi connectivity index (χ2v) is 8.19. The van der Waals surface area contributed by atoms with Crippen LogP contribution in [0.4, 0.5) is 10.0 Å². The average Bonchev–Trinajstić information content (AvgIpc) is 3.35. The normalized spacial score (nSPS) is 21.1. The molecule has 0 bridgehead atoms. The van der Waals surface area contributed by atoms with Crippen LogP contribution in [0.1, 0.15) is 13.3 Å². The highest BCUT2D eigenvalue weighted by Crippen LogP contribution is 2.23. The van der Waals surface area contributed by atoms with Crippen LogP contribution < -0.4 is 32.3 Å². The Bertz CT molecular complexity index is 945. The maximum Gasteiger partial charge on any atom is 0.208 e. The van der Waals surface area contributed by atoms with E-state index in [1.807, 2.05) is 41.9 Å². The molecule has 0 saturated heterocycles. The van der Waals surface area contributed by atoms with Gasteiger partial charge in [0.25, 0.3) is 0 Å². The first-order chi connectivity index (χ1) is 14.1. The summed E-state index contributed by atoms with van der Waals surface area (Å²) < 4.78 is 0. The van der Waals surface area contributed by atoms with Crippen LogP contribution in [-0.4, -0.2) is 42.7 Å². The fraction of sp³-hybridized carbons (Fsp3) is 0.294. The molecule has 0 aliphatic carbocycles. The van der Waals surface area contributed by atoms with Crippen LogP contribution in [0, 0.1) is 0 Å². The van der Waals surface area contributed by atoms with Crippen LogP contribution in [0.2, 0.25) is 0 Å². The number of nitrogens with two attached hydrogens (primary N) is 2. The lowest BCUT2D eigenvalue weighted by Gasteiger charge is -2.29. The van der Waals surface area contributed by atoms with E-state index in [2.05, 4.69) is 40.8 Å². The first-order valence-electron chi connectivity index (χ1n) is 9.04. The van der Waals surface area contributed by atoms with Crippen LogP contribution in [0.5, 0.6) is 0 Å². The summed E-state index contributed by atoms with van der Waals surface area (Å²) in [7, 11) is 0. The van der Waals surface area contributed by atoms with E-state index in [1.54, 1.807) is 22.7 Å². The van der Waals surface area contributed by atoms with Gasteiger partial charge in [-0.2, -0.15) is 0 Å². The van der Waals surface area contributed by atoms with Gasteiger partial charge in [-0.3, -0.25) is 10.6 Å². The Labute approximate surface area is 176 Å². The van der Waals surface area contributed by atoms with Gasteiger partial charge in [0.1, 0.15) is 12.3 Å². The van der Waals surface area contributed by atoms with Gasteiger partial charge in [-0.05, 0) is 41.9 Å². The van der Waals surface area contributed by atoms with Gasteiger partial charge < -0.3 is 21.7 Å². The van der Waals surface area contributed by atoms with Gasteiger partial charge in [-0.15, -0.1) is 22.7 Å². The Kier molecular flexibility index (Phi) is 5.62. The predicted molar refractivity (Wildman–Crippen MR) is 122 cm³/mol. The number of rotatable bonds is 5. The molecule has 12 heteroatoms. The third kappa shape index (κ3) is 4.84. The average molecular weight is 431 g/mol. The molecule has 4 rings (SSSR count). The molecule has 7 N–H and O–H groups in total. The lowest BCUT2D eigenvalue weighted by atomic mass is 10.3. The van der Waals surface area contributed by atoms with Crippen LogP contribution in [0.15, 0.2) is 55.0 Å². The Hall–Kier alpha value is -3.12. The maximum absolute atomic E-state index is 5.97. The van der Waals surface area contributed by atoms with Gasteiger partial charge in [0.2, 0.25) is 11.9 Å². The molecule has 2 aromatic heterocycles. The molecule has 29 heavy (non-hydrogen) atoms. The zero-order chi connectivity index (χ0) is 20.2. The lowest BCUT2D eigenvalue weighted by molar-refractivity contribution is 0.634. The highest BCUT2D eigenvalue weighted by Gasteiger charge is 2.22. The Morgan fingerprint density at radius 2 is 1.83 bits per heavy atom. The van der Waals surface area contributed by atoms with Crippen molar-refractivity contribution in [2.75, 3.05) is 16.8 Å². The third-order valence-corrected chi connectivity index (χ3v) is 5.77. The molecule has 2 unspecified atom stereocenters. The van der Waals surface area contributed by atoms with Crippen LogP contribution in [0.25, 0.3) is 0 Å². The molecule has 152 valence electrons. The summed E-state index contributed by atoms with van der Waals surface area (Å²) >= 11 is 3.21.